The molecule has 1 atom stereocenters. The zero-order valence-electron chi connectivity index (χ0n) is 20.6. The summed E-state index contributed by atoms with van der Waals surface area (Å²) in [5.74, 6) is 0. The third-order valence-corrected chi connectivity index (χ3v) is 5.78. The SMILES string of the molecule is COC(CN1CCN(C(=O)OC(C)(C)C)CC1)CN(Cc1ccccc1)Cc1ccccc1. The van der Waals surface area contributed by atoms with Gasteiger partial charge in [-0.1, -0.05) is 60.7 Å². The minimum Gasteiger partial charge on any atom is -0.444 e. The highest BCUT2D eigenvalue weighted by Crippen LogP contribution is 2.15. The van der Waals surface area contributed by atoms with Gasteiger partial charge in [-0.2, -0.15) is 0 Å². The van der Waals surface area contributed by atoms with Crippen LogP contribution in [-0.4, -0.2) is 78.9 Å². The lowest BCUT2D eigenvalue weighted by atomic mass is 10.1. The zero-order chi connectivity index (χ0) is 23.7. The molecule has 33 heavy (non-hydrogen) atoms. The summed E-state index contributed by atoms with van der Waals surface area (Å²) in [5, 5.41) is 0. The predicted molar refractivity (Wildman–Crippen MR) is 132 cm³/mol. The van der Waals surface area contributed by atoms with E-state index in [0.29, 0.717) is 13.1 Å². The number of carbonyl (C=O) groups is 1. The van der Waals surface area contributed by atoms with Gasteiger partial charge < -0.3 is 14.4 Å². The number of hydrogen-bond donors (Lipinski definition) is 0. The van der Waals surface area contributed by atoms with Gasteiger partial charge in [0.15, 0.2) is 0 Å². The molecule has 1 unspecified atom stereocenters. The van der Waals surface area contributed by atoms with Crippen molar-refractivity contribution >= 4 is 6.09 Å². The van der Waals surface area contributed by atoms with E-state index < -0.39 is 5.60 Å². The monoisotopic (exact) mass is 453 g/mol. The summed E-state index contributed by atoms with van der Waals surface area (Å²) in [6.45, 7) is 12.2. The fraction of sp³-hybridized carbons (Fsp3) is 0.519. The number of amides is 1. The maximum Gasteiger partial charge on any atom is 0.410 e. The minimum atomic E-state index is -0.462. The topological polar surface area (TPSA) is 45.3 Å². The van der Waals surface area contributed by atoms with Gasteiger partial charge in [-0.15, -0.1) is 0 Å². The molecule has 0 spiro atoms. The molecule has 0 aliphatic carbocycles. The second-order valence-electron chi connectivity index (χ2n) is 9.77. The highest BCUT2D eigenvalue weighted by molar-refractivity contribution is 5.68. The van der Waals surface area contributed by atoms with Crippen molar-refractivity contribution < 1.29 is 14.3 Å². The summed E-state index contributed by atoms with van der Waals surface area (Å²) in [6.07, 6.45) is -0.132. The van der Waals surface area contributed by atoms with E-state index in [1.54, 1.807) is 12.0 Å². The first-order valence-electron chi connectivity index (χ1n) is 11.9. The molecular formula is C27H39N3O3. The van der Waals surface area contributed by atoms with Gasteiger partial charge in [0.25, 0.3) is 0 Å². The Morgan fingerprint density at radius 1 is 0.909 bits per heavy atom. The molecule has 1 heterocycles. The number of carbonyl (C=O) groups excluding carboxylic acids is 1. The van der Waals surface area contributed by atoms with Gasteiger partial charge in [-0.25, -0.2) is 4.79 Å². The van der Waals surface area contributed by atoms with Crippen LogP contribution in [0.4, 0.5) is 4.79 Å². The average molecular weight is 454 g/mol. The Kier molecular flexibility index (Phi) is 9.30. The number of rotatable bonds is 9. The number of ether oxygens (including phenoxy) is 2. The minimum absolute atomic E-state index is 0.0884. The van der Waals surface area contributed by atoms with Gasteiger partial charge in [-0.05, 0) is 31.9 Å². The summed E-state index contributed by atoms with van der Waals surface area (Å²) >= 11 is 0. The first kappa shape index (κ1) is 25.2. The Hall–Kier alpha value is -2.41. The van der Waals surface area contributed by atoms with E-state index in [4.69, 9.17) is 9.47 Å². The Balaban J connectivity index is 1.55. The number of piperazine rings is 1. The van der Waals surface area contributed by atoms with Gasteiger partial charge in [-0.3, -0.25) is 9.80 Å². The highest BCUT2D eigenvalue weighted by Gasteiger charge is 2.27. The highest BCUT2D eigenvalue weighted by atomic mass is 16.6. The molecule has 0 bridgehead atoms. The van der Waals surface area contributed by atoms with Crippen LogP contribution in [0.5, 0.6) is 0 Å². The Morgan fingerprint density at radius 2 is 1.42 bits per heavy atom. The van der Waals surface area contributed by atoms with Crippen LogP contribution in [0.1, 0.15) is 31.9 Å². The van der Waals surface area contributed by atoms with Gasteiger partial charge >= 0.3 is 6.09 Å². The number of hydrogen-bond acceptors (Lipinski definition) is 5. The number of methoxy groups -OCH3 is 1. The van der Waals surface area contributed by atoms with Crippen molar-refractivity contribution in [3.05, 3.63) is 71.8 Å². The van der Waals surface area contributed by atoms with Crippen LogP contribution in [0.25, 0.3) is 0 Å². The van der Waals surface area contributed by atoms with Crippen molar-refractivity contribution in [3.63, 3.8) is 0 Å². The lowest BCUT2D eigenvalue weighted by Crippen LogP contribution is -2.52. The molecule has 1 aliphatic rings. The van der Waals surface area contributed by atoms with Crippen LogP contribution >= 0.6 is 0 Å². The fourth-order valence-electron chi connectivity index (χ4n) is 4.09. The summed E-state index contributed by atoms with van der Waals surface area (Å²) in [5.41, 5.74) is 2.14. The molecule has 0 N–H and O–H groups in total. The predicted octanol–water partition coefficient (Wildman–Crippen LogP) is 4.26. The third-order valence-electron chi connectivity index (χ3n) is 5.78. The molecule has 0 saturated carbocycles. The maximum atomic E-state index is 12.3. The molecule has 1 fully saturated rings. The standard InChI is InChI=1S/C27H39N3O3/c1-27(2,3)33-26(31)30-17-15-28(16-18-30)21-25(32-4)22-29(19-23-11-7-5-8-12-23)20-24-13-9-6-10-14-24/h5-14,25H,15-22H2,1-4H3. The van der Waals surface area contributed by atoms with Crippen molar-refractivity contribution in [2.75, 3.05) is 46.4 Å². The van der Waals surface area contributed by atoms with E-state index in [-0.39, 0.29) is 12.2 Å². The molecule has 1 amide bonds. The Bertz CT molecular complexity index is 789. The van der Waals surface area contributed by atoms with Crippen LogP contribution < -0.4 is 0 Å². The second kappa shape index (κ2) is 12.2. The molecule has 6 nitrogen and oxygen atoms in total. The molecule has 3 rings (SSSR count). The first-order chi connectivity index (χ1) is 15.8. The van der Waals surface area contributed by atoms with Crippen LogP contribution in [0.15, 0.2) is 60.7 Å². The van der Waals surface area contributed by atoms with E-state index in [9.17, 15) is 4.79 Å². The van der Waals surface area contributed by atoms with E-state index in [0.717, 1.165) is 39.3 Å². The molecule has 6 heteroatoms. The van der Waals surface area contributed by atoms with Gasteiger partial charge in [0.05, 0.1) is 6.10 Å². The maximum absolute atomic E-state index is 12.3. The Morgan fingerprint density at radius 3 is 1.88 bits per heavy atom. The van der Waals surface area contributed by atoms with Crippen molar-refractivity contribution in [2.24, 2.45) is 0 Å². The molecule has 1 aliphatic heterocycles. The first-order valence-corrected chi connectivity index (χ1v) is 11.9. The summed E-state index contributed by atoms with van der Waals surface area (Å²) in [6, 6.07) is 21.2. The van der Waals surface area contributed by atoms with E-state index >= 15 is 0 Å². The lowest BCUT2D eigenvalue weighted by molar-refractivity contribution is -0.00000289. The third kappa shape index (κ3) is 8.80. The van der Waals surface area contributed by atoms with Crippen molar-refractivity contribution in [3.8, 4) is 0 Å². The summed E-state index contributed by atoms with van der Waals surface area (Å²) < 4.78 is 11.4. The Labute approximate surface area is 199 Å². The zero-order valence-corrected chi connectivity index (χ0v) is 20.6. The van der Waals surface area contributed by atoms with Crippen LogP contribution in [0.3, 0.4) is 0 Å². The quantitative estimate of drug-likeness (QED) is 0.568. The average Bonchev–Trinajstić information content (AvgIpc) is 2.79. The van der Waals surface area contributed by atoms with Crippen molar-refractivity contribution in [1.82, 2.24) is 14.7 Å². The van der Waals surface area contributed by atoms with E-state index in [1.165, 1.54) is 11.1 Å². The van der Waals surface area contributed by atoms with Crippen molar-refractivity contribution in [2.45, 2.75) is 45.6 Å². The van der Waals surface area contributed by atoms with Gasteiger partial charge in [0, 0.05) is 59.5 Å². The van der Waals surface area contributed by atoms with Crippen LogP contribution in [-0.2, 0) is 22.6 Å². The molecule has 0 radical (unpaired) electrons. The lowest BCUT2D eigenvalue weighted by Gasteiger charge is -2.37. The van der Waals surface area contributed by atoms with Crippen LogP contribution in [0, 0.1) is 0 Å². The molecule has 2 aromatic carbocycles. The van der Waals surface area contributed by atoms with Crippen LogP contribution in [0.2, 0.25) is 0 Å². The van der Waals surface area contributed by atoms with E-state index in [1.807, 2.05) is 20.8 Å². The van der Waals surface area contributed by atoms with Gasteiger partial charge in [0.1, 0.15) is 5.60 Å². The summed E-state index contributed by atoms with van der Waals surface area (Å²) in [4.78, 5) is 19.0. The molecule has 1 saturated heterocycles. The molecule has 0 aromatic heterocycles. The number of benzene rings is 2. The van der Waals surface area contributed by atoms with E-state index in [2.05, 4.69) is 70.5 Å². The summed E-state index contributed by atoms with van der Waals surface area (Å²) in [7, 11) is 1.80. The normalized spacial score (nSPS) is 16.1. The molecule has 180 valence electrons. The molecule has 2 aromatic rings. The number of nitrogens with zero attached hydrogens (tertiary/aromatic N) is 3. The fourth-order valence-corrected chi connectivity index (χ4v) is 4.09. The second-order valence-corrected chi connectivity index (χ2v) is 9.77. The largest absolute Gasteiger partial charge is 0.444 e. The van der Waals surface area contributed by atoms with Crippen molar-refractivity contribution in [1.29, 1.82) is 0 Å². The molecular weight excluding hydrogens is 414 g/mol. The smallest absolute Gasteiger partial charge is 0.410 e. The van der Waals surface area contributed by atoms with Gasteiger partial charge in [0.2, 0.25) is 0 Å².